The van der Waals surface area contributed by atoms with Crippen molar-refractivity contribution in [2.75, 3.05) is 6.16 Å². The SMILES string of the molecule is Cc1cc(C)c(N=C2P(c3ccccc3)CCC2(c2ccccc2)c2ccc3ccccc3c2O)c(C)c1. The molecule has 1 aliphatic rings. The van der Waals surface area contributed by atoms with Gasteiger partial charge >= 0.3 is 0 Å². The fraction of sp³-hybridized carbons (Fsp3) is 0.171. The van der Waals surface area contributed by atoms with Gasteiger partial charge in [0.2, 0.25) is 0 Å². The molecule has 0 spiro atoms. The smallest absolute Gasteiger partial charge is 0.127 e. The van der Waals surface area contributed by atoms with Gasteiger partial charge in [-0.2, -0.15) is 0 Å². The Bertz CT molecular complexity index is 1640. The van der Waals surface area contributed by atoms with Gasteiger partial charge < -0.3 is 5.11 Å². The minimum Gasteiger partial charge on any atom is -0.507 e. The second-order valence-electron chi connectivity index (χ2n) is 10.4. The van der Waals surface area contributed by atoms with Crippen LogP contribution in [0, 0.1) is 20.8 Å². The number of fused-ring (bicyclic) bond motifs is 1. The third kappa shape index (κ3) is 4.05. The van der Waals surface area contributed by atoms with E-state index in [2.05, 4.69) is 112 Å². The first-order valence-electron chi connectivity index (χ1n) is 13.3. The molecule has 0 aromatic heterocycles. The Hall–Kier alpha value is -3.74. The summed E-state index contributed by atoms with van der Waals surface area (Å²) in [6.45, 7) is 6.47. The van der Waals surface area contributed by atoms with E-state index in [-0.39, 0.29) is 0 Å². The second kappa shape index (κ2) is 9.86. The Balaban J connectivity index is 1.70. The summed E-state index contributed by atoms with van der Waals surface area (Å²) in [5, 5.41) is 15.1. The molecule has 5 aromatic rings. The van der Waals surface area contributed by atoms with Gasteiger partial charge in [0.1, 0.15) is 5.75 Å². The third-order valence-electron chi connectivity index (χ3n) is 7.90. The van der Waals surface area contributed by atoms with Gasteiger partial charge in [0.15, 0.2) is 0 Å². The van der Waals surface area contributed by atoms with Crippen LogP contribution in [0.25, 0.3) is 10.8 Å². The Morgan fingerprint density at radius 2 is 1.37 bits per heavy atom. The number of hydrogen-bond acceptors (Lipinski definition) is 2. The van der Waals surface area contributed by atoms with Crippen LogP contribution in [-0.4, -0.2) is 16.7 Å². The lowest BCUT2D eigenvalue weighted by Gasteiger charge is -2.34. The Morgan fingerprint density at radius 3 is 2.08 bits per heavy atom. The van der Waals surface area contributed by atoms with Gasteiger partial charge in [-0.1, -0.05) is 115 Å². The van der Waals surface area contributed by atoms with Crippen molar-refractivity contribution in [2.24, 2.45) is 4.99 Å². The maximum atomic E-state index is 11.9. The topological polar surface area (TPSA) is 32.6 Å². The molecule has 2 atom stereocenters. The van der Waals surface area contributed by atoms with Crippen molar-refractivity contribution in [3.05, 3.63) is 137 Å². The lowest BCUT2D eigenvalue weighted by molar-refractivity contribution is 0.464. The van der Waals surface area contributed by atoms with Crippen molar-refractivity contribution in [1.82, 2.24) is 0 Å². The third-order valence-corrected chi connectivity index (χ3v) is 10.5. The normalized spacial score (nSPS) is 20.3. The van der Waals surface area contributed by atoms with Crippen LogP contribution in [0.2, 0.25) is 0 Å². The predicted molar refractivity (Wildman–Crippen MR) is 163 cm³/mol. The molecular weight excluding hydrogens is 481 g/mol. The fourth-order valence-electron chi connectivity index (χ4n) is 6.20. The zero-order valence-electron chi connectivity index (χ0n) is 22.1. The van der Waals surface area contributed by atoms with Crippen LogP contribution < -0.4 is 5.30 Å². The fourth-order valence-corrected chi connectivity index (χ4v) is 9.05. The zero-order valence-corrected chi connectivity index (χ0v) is 23.0. The van der Waals surface area contributed by atoms with E-state index in [1.807, 2.05) is 18.2 Å². The van der Waals surface area contributed by atoms with E-state index in [1.165, 1.54) is 33.0 Å². The number of aliphatic imine (C=N–C) groups is 1. The van der Waals surface area contributed by atoms with Gasteiger partial charge in [-0.3, -0.25) is 4.99 Å². The van der Waals surface area contributed by atoms with Gasteiger partial charge in [-0.25, -0.2) is 0 Å². The maximum absolute atomic E-state index is 11.9. The molecule has 0 radical (unpaired) electrons. The molecule has 188 valence electrons. The molecular formula is C35H32NOP. The molecule has 1 heterocycles. The minimum absolute atomic E-state index is 0.363. The largest absolute Gasteiger partial charge is 0.507 e. The van der Waals surface area contributed by atoms with Crippen molar-refractivity contribution in [3.8, 4) is 5.75 Å². The molecule has 1 aliphatic heterocycles. The summed E-state index contributed by atoms with van der Waals surface area (Å²) in [4.78, 5) is 5.62. The number of nitrogens with zero attached hydrogens (tertiary/aromatic N) is 1. The second-order valence-corrected chi connectivity index (χ2v) is 12.6. The minimum atomic E-state index is -0.712. The number of phenols is 1. The summed E-state index contributed by atoms with van der Waals surface area (Å²) in [6.07, 6.45) is 1.91. The molecule has 6 rings (SSSR count). The molecule has 1 fully saturated rings. The number of rotatable bonds is 4. The van der Waals surface area contributed by atoms with Crippen LogP contribution in [0.3, 0.4) is 0 Å². The van der Waals surface area contributed by atoms with Crippen molar-refractivity contribution in [1.29, 1.82) is 0 Å². The summed E-state index contributed by atoms with van der Waals surface area (Å²) in [6, 6.07) is 38.4. The molecule has 2 nitrogen and oxygen atoms in total. The van der Waals surface area contributed by atoms with Crippen LogP contribution in [0.1, 0.15) is 34.2 Å². The number of aryl methyl sites for hydroxylation is 3. The molecule has 3 heteroatoms. The van der Waals surface area contributed by atoms with Crippen molar-refractivity contribution >= 4 is 35.1 Å². The van der Waals surface area contributed by atoms with Gasteiger partial charge in [-0.05, 0) is 68.7 Å². The first-order chi connectivity index (χ1) is 18.5. The van der Waals surface area contributed by atoms with Gasteiger partial charge in [0.25, 0.3) is 0 Å². The summed E-state index contributed by atoms with van der Waals surface area (Å²) in [7, 11) is -0.712. The van der Waals surface area contributed by atoms with Gasteiger partial charge in [0, 0.05) is 10.9 Å². The first kappa shape index (κ1) is 24.6. The highest BCUT2D eigenvalue weighted by molar-refractivity contribution is 7.82. The number of hydrogen-bond donors (Lipinski definition) is 1. The van der Waals surface area contributed by atoms with Crippen LogP contribution >= 0.6 is 7.92 Å². The molecule has 38 heavy (non-hydrogen) atoms. The molecule has 5 aromatic carbocycles. The van der Waals surface area contributed by atoms with E-state index in [9.17, 15) is 5.11 Å². The molecule has 0 bridgehead atoms. The first-order valence-corrected chi connectivity index (χ1v) is 14.8. The highest BCUT2D eigenvalue weighted by atomic mass is 31.1. The van der Waals surface area contributed by atoms with Crippen LogP contribution in [-0.2, 0) is 5.41 Å². The molecule has 0 aliphatic carbocycles. The van der Waals surface area contributed by atoms with Crippen molar-refractivity contribution < 1.29 is 5.11 Å². The van der Waals surface area contributed by atoms with Crippen LogP contribution in [0.4, 0.5) is 5.69 Å². The highest BCUT2D eigenvalue weighted by Crippen LogP contribution is 2.60. The van der Waals surface area contributed by atoms with Crippen molar-refractivity contribution in [2.45, 2.75) is 32.6 Å². The standard InChI is InChI=1S/C35H32NOP/c1-24-22-25(2)32(26(3)23-24)36-34-35(28-13-6-4-7-14-28,20-21-38(34)29-15-8-5-9-16-29)31-19-18-27-12-10-11-17-30(27)33(31)37/h4-19,22-23,37H,20-21H2,1-3H3. The summed E-state index contributed by atoms with van der Waals surface area (Å²) < 4.78 is 0. The summed E-state index contributed by atoms with van der Waals surface area (Å²) >= 11 is 0. The predicted octanol–water partition coefficient (Wildman–Crippen LogP) is 8.70. The molecule has 1 N–H and O–H groups in total. The molecule has 1 saturated heterocycles. The average Bonchev–Trinajstić information content (AvgIpc) is 3.31. The lowest BCUT2D eigenvalue weighted by atomic mass is 9.72. The number of benzene rings is 5. The highest BCUT2D eigenvalue weighted by Gasteiger charge is 2.50. The van der Waals surface area contributed by atoms with E-state index >= 15 is 0 Å². The maximum Gasteiger partial charge on any atom is 0.127 e. The molecule has 2 unspecified atom stereocenters. The van der Waals surface area contributed by atoms with E-state index in [4.69, 9.17) is 4.99 Å². The van der Waals surface area contributed by atoms with Crippen LogP contribution in [0.5, 0.6) is 5.75 Å². The quantitative estimate of drug-likeness (QED) is 0.240. The average molecular weight is 514 g/mol. The number of phenolic OH excluding ortho intramolecular Hbond substituents is 1. The molecule has 0 saturated carbocycles. The lowest BCUT2D eigenvalue weighted by Crippen LogP contribution is -2.33. The van der Waals surface area contributed by atoms with E-state index in [0.717, 1.165) is 34.6 Å². The Labute approximate surface area is 226 Å². The summed E-state index contributed by atoms with van der Waals surface area (Å²) in [5.41, 5.74) is 7.46. The van der Waals surface area contributed by atoms with E-state index in [0.29, 0.717) is 5.75 Å². The van der Waals surface area contributed by atoms with E-state index in [1.54, 1.807) is 0 Å². The van der Waals surface area contributed by atoms with Gasteiger partial charge in [0.05, 0.1) is 16.6 Å². The zero-order chi connectivity index (χ0) is 26.3. The Kier molecular flexibility index (Phi) is 6.38. The number of aromatic hydroxyl groups is 1. The van der Waals surface area contributed by atoms with Gasteiger partial charge in [-0.15, -0.1) is 0 Å². The van der Waals surface area contributed by atoms with E-state index < -0.39 is 13.3 Å². The monoisotopic (exact) mass is 513 g/mol. The van der Waals surface area contributed by atoms with Crippen molar-refractivity contribution in [3.63, 3.8) is 0 Å². The summed E-state index contributed by atoms with van der Waals surface area (Å²) in [5.74, 6) is 0.363. The van der Waals surface area contributed by atoms with Crippen LogP contribution in [0.15, 0.2) is 114 Å². The molecule has 0 amide bonds. The Morgan fingerprint density at radius 1 is 0.737 bits per heavy atom.